The van der Waals surface area contributed by atoms with Gasteiger partial charge in [0.05, 0.1) is 19.1 Å². The summed E-state index contributed by atoms with van der Waals surface area (Å²) in [7, 11) is 1.64. The van der Waals surface area contributed by atoms with Crippen molar-refractivity contribution in [1.82, 2.24) is 0 Å². The van der Waals surface area contributed by atoms with Gasteiger partial charge in [-0.05, 0) is 41.3 Å². The molecule has 2 aromatic carbocycles. The second-order valence-corrected chi connectivity index (χ2v) is 5.55. The fourth-order valence-corrected chi connectivity index (χ4v) is 2.95. The zero-order chi connectivity index (χ0) is 15.7. The first kappa shape index (κ1) is 14.6. The molecule has 4 nitrogen and oxygen atoms in total. The summed E-state index contributed by atoms with van der Waals surface area (Å²) in [6, 6.07) is 13.5. The Morgan fingerprint density at radius 1 is 1.18 bits per heavy atom. The molecule has 0 fully saturated rings. The van der Waals surface area contributed by atoms with Gasteiger partial charge in [0.15, 0.2) is 0 Å². The van der Waals surface area contributed by atoms with E-state index in [1.54, 1.807) is 7.11 Å². The number of nitrogens with one attached hydrogen (secondary N) is 1. The second-order valence-electron chi connectivity index (χ2n) is 5.55. The van der Waals surface area contributed by atoms with Crippen molar-refractivity contribution in [2.24, 2.45) is 5.73 Å². The molecule has 3 rings (SSSR count). The minimum absolute atomic E-state index is 0.0713. The van der Waals surface area contributed by atoms with Crippen LogP contribution in [0.2, 0.25) is 0 Å². The Bertz CT molecular complexity index is 695. The van der Waals surface area contributed by atoms with Gasteiger partial charge >= 0.3 is 0 Å². The van der Waals surface area contributed by atoms with Crippen LogP contribution < -0.4 is 15.8 Å². The third-order valence-electron chi connectivity index (χ3n) is 4.27. The lowest BCUT2D eigenvalue weighted by Crippen LogP contribution is -2.12. The highest BCUT2D eigenvalue weighted by molar-refractivity contribution is 6.02. The Morgan fingerprint density at radius 3 is 2.50 bits per heavy atom. The van der Waals surface area contributed by atoms with Crippen molar-refractivity contribution in [2.45, 2.75) is 25.3 Å². The number of carbonyl (C=O) groups excluding carboxylic acids is 1. The number of methoxy groups -OCH3 is 1. The minimum atomic E-state index is -0.218. The molecule has 0 bridgehead atoms. The first-order chi connectivity index (χ1) is 10.6. The zero-order valence-electron chi connectivity index (χ0n) is 12.8. The smallest absolute Gasteiger partial charge is 0.231 e. The lowest BCUT2D eigenvalue weighted by molar-refractivity contribution is -0.117. The van der Waals surface area contributed by atoms with Crippen molar-refractivity contribution in [3.05, 3.63) is 59.2 Å². The van der Waals surface area contributed by atoms with Crippen molar-refractivity contribution >= 4 is 11.6 Å². The molecule has 2 aromatic rings. The third-order valence-corrected chi connectivity index (χ3v) is 4.27. The summed E-state index contributed by atoms with van der Waals surface area (Å²) in [4.78, 5) is 11.9. The van der Waals surface area contributed by atoms with E-state index in [-0.39, 0.29) is 17.9 Å². The van der Waals surface area contributed by atoms with E-state index in [9.17, 15) is 4.79 Å². The van der Waals surface area contributed by atoms with Crippen LogP contribution in [0.25, 0.3) is 0 Å². The summed E-state index contributed by atoms with van der Waals surface area (Å²) < 4.78 is 5.17. The molecule has 1 amide bonds. The Balaban J connectivity index is 1.92. The predicted molar refractivity (Wildman–Crippen MR) is 87.1 cm³/mol. The molecule has 0 aliphatic carbocycles. The van der Waals surface area contributed by atoms with Crippen molar-refractivity contribution in [3.63, 3.8) is 0 Å². The molecule has 2 atom stereocenters. The highest BCUT2D eigenvalue weighted by Gasteiger charge is 2.29. The SMILES string of the molecule is CCC1C(=O)Nc2ccc(C(N)c3ccc(OC)cc3)cc21. The summed E-state index contributed by atoms with van der Waals surface area (Å²) in [5, 5.41) is 2.92. The topological polar surface area (TPSA) is 64.4 Å². The average Bonchev–Trinajstić information content (AvgIpc) is 2.88. The van der Waals surface area contributed by atoms with Gasteiger partial charge in [0.1, 0.15) is 5.75 Å². The van der Waals surface area contributed by atoms with Gasteiger partial charge in [-0.3, -0.25) is 4.79 Å². The molecule has 3 N–H and O–H groups in total. The Hall–Kier alpha value is -2.33. The molecule has 0 aromatic heterocycles. The summed E-state index contributed by atoms with van der Waals surface area (Å²) >= 11 is 0. The van der Waals surface area contributed by atoms with Crippen LogP contribution in [0.3, 0.4) is 0 Å². The van der Waals surface area contributed by atoms with Gasteiger partial charge in [0.2, 0.25) is 5.91 Å². The number of rotatable bonds is 4. The molecule has 0 saturated carbocycles. The van der Waals surface area contributed by atoms with E-state index >= 15 is 0 Å². The number of hydrogen-bond acceptors (Lipinski definition) is 3. The van der Waals surface area contributed by atoms with E-state index in [0.29, 0.717) is 0 Å². The van der Waals surface area contributed by atoms with Gasteiger partial charge in [-0.2, -0.15) is 0 Å². The van der Waals surface area contributed by atoms with E-state index in [1.165, 1.54) is 0 Å². The van der Waals surface area contributed by atoms with Gasteiger partial charge in [-0.25, -0.2) is 0 Å². The quantitative estimate of drug-likeness (QED) is 0.910. The maximum atomic E-state index is 11.9. The number of anilines is 1. The van der Waals surface area contributed by atoms with E-state index in [2.05, 4.69) is 11.4 Å². The zero-order valence-corrected chi connectivity index (χ0v) is 12.8. The summed E-state index contributed by atoms with van der Waals surface area (Å²) in [5.41, 5.74) is 10.4. The standard InChI is InChI=1S/C18H20N2O2/c1-3-14-15-10-12(6-9-16(15)20-18(14)21)17(19)11-4-7-13(22-2)8-5-11/h4-10,14,17H,3,19H2,1-2H3,(H,20,21). The van der Waals surface area contributed by atoms with Crippen LogP contribution in [0.15, 0.2) is 42.5 Å². The van der Waals surface area contributed by atoms with Crippen LogP contribution in [0.1, 0.15) is 42.0 Å². The van der Waals surface area contributed by atoms with Crippen molar-refractivity contribution < 1.29 is 9.53 Å². The molecule has 2 unspecified atom stereocenters. The van der Waals surface area contributed by atoms with Crippen LogP contribution in [0, 0.1) is 0 Å². The molecule has 1 aliphatic heterocycles. The number of hydrogen-bond donors (Lipinski definition) is 2. The first-order valence-corrected chi connectivity index (χ1v) is 7.48. The summed E-state index contributed by atoms with van der Waals surface area (Å²) in [5.74, 6) is 0.816. The second kappa shape index (κ2) is 5.81. The van der Waals surface area contributed by atoms with E-state index in [4.69, 9.17) is 10.5 Å². The predicted octanol–water partition coefficient (Wildman–Crippen LogP) is 3.19. The first-order valence-electron chi connectivity index (χ1n) is 7.48. The normalized spacial score (nSPS) is 17.8. The fourth-order valence-electron chi connectivity index (χ4n) is 2.95. The molecular weight excluding hydrogens is 276 g/mol. The lowest BCUT2D eigenvalue weighted by atomic mass is 9.92. The van der Waals surface area contributed by atoms with Crippen LogP contribution in [0.4, 0.5) is 5.69 Å². The Morgan fingerprint density at radius 2 is 1.86 bits per heavy atom. The molecule has 22 heavy (non-hydrogen) atoms. The van der Waals surface area contributed by atoms with Gasteiger partial charge in [0, 0.05) is 5.69 Å². The number of carbonyl (C=O) groups is 1. The van der Waals surface area contributed by atoms with E-state index in [1.807, 2.05) is 43.3 Å². The molecule has 0 saturated heterocycles. The third kappa shape index (κ3) is 2.46. The van der Waals surface area contributed by atoms with Gasteiger partial charge < -0.3 is 15.8 Å². The highest BCUT2D eigenvalue weighted by atomic mass is 16.5. The number of ether oxygens (including phenoxy) is 1. The Labute approximate surface area is 130 Å². The molecule has 1 aliphatic rings. The maximum Gasteiger partial charge on any atom is 0.231 e. The molecule has 0 radical (unpaired) electrons. The van der Waals surface area contributed by atoms with Crippen molar-refractivity contribution in [3.8, 4) is 5.75 Å². The monoisotopic (exact) mass is 296 g/mol. The molecular formula is C18H20N2O2. The molecule has 0 spiro atoms. The molecule has 1 heterocycles. The lowest BCUT2D eigenvalue weighted by Gasteiger charge is -2.15. The van der Waals surface area contributed by atoms with Crippen LogP contribution in [0.5, 0.6) is 5.75 Å². The van der Waals surface area contributed by atoms with E-state index in [0.717, 1.165) is 34.5 Å². The number of benzene rings is 2. The average molecular weight is 296 g/mol. The fraction of sp³-hybridized carbons (Fsp3) is 0.278. The van der Waals surface area contributed by atoms with Crippen LogP contribution in [-0.4, -0.2) is 13.0 Å². The number of nitrogens with two attached hydrogens (primary N) is 1. The maximum absolute atomic E-state index is 11.9. The highest BCUT2D eigenvalue weighted by Crippen LogP contribution is 2.36. The number of fused-ring (bicyclic) bond motifs is 1. The molecule has 114 valence electrons. The van der Waals surface area contributed by atoms with Gasteiger partial charge in [-0.1, -0.05) is 31.2 Å². The summed E-state index contributed by atoms with van der Waals surface area (Å²) in [6.45, 7) is 2.02. The largest absolute Gasteiger partial charge is 0.497 e. The van der Waals surface area contributed by atoms with Crippen molar-refractivity contribution in [2.75, 3.05) is 12.4 Å². The molecule has 4 heteroatoms. The van der Waals surface area contributed by atoms with Crippen LogP contribution >= 0.6 is 0 Å². The van der Waals surface area contributed by atoms with Gasteiger partial charge in [0.25, 0.3) is 0 Å². The van der Waals surface area contributed by atoms with E-state index < -0.39 is 0 Å². The van der Waals surface area contributed by atoms with Crippen LogP contribution in [-0.2, 0) is 4.79 Å². The summed E-state index contributed by atoms with van der Waals surface area (Å²) in [6.07, 6.45) is 0.792. The minimum Gasteiger partial charge on any atom is -0.497 e. The number of amides is 1. The van der Waals surface area contributed by atoms with Gasteiger partial charge in [-0.15, -0.1) is 0 Å². The Kier molecular flexibility index (Phi) is 3.86. The van der Waals surface area contributed by atoms with Crippen molar-refractivity contribution in [1.29, 1.82) is 0 Å².